The maximum atomic E-state index is 5.85. The molecule has 0 fully saturated rings. The maximum Gasteiger partial charge on any atom is 0.274 e. The van der Waals surface area contributed by atoms with Crippen molar-refractivity contribution in [3.63, 3.8) is 0 Å². The molecular formula is C12H14ClN3. The van der Waals surface area contributed by atoms with Crippen molar-refractivity contribution in [1.82, 2.24) is 0 Å². The molecule has 2 aromatic rings. The van der Waals surface area contributed by atoms with Crippen molar-refractivity contribution in [2.24, 2.45) is 0 Å². The predicted molar refractivity (Wildman–Crippen MR) is 61.0 cm³/mol. The first kappa shape index (κ1) is 12.3. The van der Waals surface area contributed by atoms with Crippen molar-refractivity contribution in [2.75, 3.05) is 11.5 Å². The lowest BCUT2D eigenvalue weighted by Crippen LogP contribution is -3.00. The van der Waals surface area contributed by atoms with E-state index in [1.54, 1.807) is 6.07 Å². The second kappa shape index (κ2) is 5.37. The minimum absolute atomic E-state index is 0. The van der Waals surface area contributed by atoms with Crippen LogP contribution in [0.4, 0.5) is 11.5 Å². The largest absolute Gasteiger partial charge is 1.00 e. The van der Waals surface area contributed by atoms with Crippen LogP contribution in [0.15, 0.2) is 48.7 Å². The van der Waals surface area contributed by atoms with Crippen LogP contribution in [-0.4, -0.2) is 0 Å². The van der Waals surface area contributed by atoms with E-state index in [0.717, 1.165) is 6.54 Å². The topological polar surface area (TPSA) is 55.9 Å². The first-order chi connectivity index (χ1) is 7.25. The van der Waals surface area contributed by atoms with Gasteiger partial charge in [0, 0.05) is 11.8 Å². The predicted octanol–water partition coefficient (Wildman–Crippen LogP) is -1.81. The molecule has 1 aromatic carbocycles. The summed E-state index contributed by atoms with van der Waals surface area (Å²) in [5, 5.41) is 0. The average molecular weight is 236 g/mol. The number of aromatic nitrogens is 1. The minimum atomic E-state index is 0. The van der Waals surface area contributed by atoms with E-state index in [1.807, 2.05) is 35.0 Å². The van der Waals surface area contributed by atoms with Gasteiger partial charge in [-0.05, 0) is 5.56 Å². The highest BCUT2D eigenvalue weighted by Crippen LogP contribution is 2.04. The summed E-state index contributed by atoms with van der Waals surface area (Å²) in [5.41, 5.74) is 13.4. The first-order valence-electron chi connectivity index (χ1n) is 4.84. The number of nitrogens with two attached hydrogens (primary N) is 2. The fourth-order valence-electron chi connectivity index (χ4n) is 1.49. The Hall–Kier alpha value is -1.74. The lowest BCUT2D eigenvalue weighted by molar-refractivity contribution is -0.673. The normalized spacial score (nSPS) is 9.50. The van der Waals surface area contributed by atoms with Gasteiger partial charge < -0.3 is 18.1 Å². The van der Waals surface area contributed by atoms with Crippen LogP contribution in [0.25, 0.3) is 0 Å². The summed E-state index contributed by atoms with van der Waals surface area (Å²) in [6, 6.07) is 13.8. The molecule has 3 nitrogen and oxygen atoms in total. The molecular weight excluding hydrogens is 222 g/mol. The summed E-state index contributed by atoms with van der Waals surface area (Å²) in [7, 11) is 0. The number of hydrogen-bond donors (Lipinski definition) is 2. The van der Waals surface area contributed by atoms with E-state index in [0.29, 0.717) is 11.5 Å². The van der Waals surface area contributed by atoms with Crippen LogP contribution in [0.1, 0.15) is 5.56 Å². The van der Waals surface area contributed by atoms with Crippen molar-refractivity contribution < 1.29 is 17.0 Å². The molecule has 0 bridgehead atoms. The van der Waals surface area contributed by atoms with Gasteiger partial charge in [-0.2, -0.15) is 0 Å². The average Bonchev–Trinajstić information content (AvgIpc) is 2.24. The second-order valence-electron chi connectivity index (χ2n) is 3.50. The van der Waals surface area contributed by atoms with Gasteiger partial charge in [-0.1, -0.05) is 30.3 Å². The Bertz CT molecular complexity index is 457. The van der Waals surface area contributed by atoms with Gasteiger partial charge in [0.05, 0.1) is 12.3 Å². The SMILES string of the molecule is Nc1cc[n+](Cc2ccccc2)c(N)c1.[Cl-]. The third-order valence-electron chi connectivity index (χ3n) is 2.29. The Labute approximate surface area is 101 Å². The number of rotatable bonds is 2. The molecule has 0 unspecified atom stereocenters. The Balaban J connectivity index is 0.00000128. The molecule has 2 rings (SSSR count). The van der Waals surface area contributed by atoms with Gasteiger partial charge in [-0.25, -0.2) is 4.57 Å². The first-order valence-corrected chi connectivity index (χ1v) is 4.84. The zero-order valence-corrected chi connectivity index (χ0v) is 9.56. The number of benzene rings is 1. The smallest absolute Gasteiger partial charge is 0.274 e. The van der Waals surface area contributed by atoms with Crippen LogP contribution in [0, 0.1) is 0 Å². The molecule has 0 aliphatic carbocycles. The van der Waals surface area contributed by atoms with Crippen molar-refractivity contribution >= 4 is 11.5 Å². The second-order valence-corrected chi connectivity index (χ2v) is 3.50. The third kappa shape index (κ3) is 2.87. The molecule has 0 spiro atoms. The fourth-order valence-corrected chi connectivity index (χ4v) is 1.49. The summed E-state index contributed by atoms with van der Waals surface area (Å²) in [6.07, 6.45) is 1.90. The van der Waals surface area contributed by atoms with Gasteiger partial charge in [0.15, 0.2) is 0 Å². The Morgan fingerprint density at radius 3 is 2.31 bits per heavy atom. The molecule has 0 saturated heterocycles. The molecule has 0 saturated carbocycles. The summed E-state index contributed by atoms with van der Waals surface area (Å²) in [6.45, 7) is 0.771. The van der Waals surface area contributed by atoms with Gasteiger partial charge in [0.1, 0.15) is 6.54 Å². The van der Waals surface area contributed by atoms with Gasteiger partial charge in [0.2, 0.25) is 0 Å². The van der Waals surface area contributed by atoms with Gasteiger partial charge in [0.25, 0.3) is 5.82 Å². The maximum absolute atomic E-state index is 5.85. The van der Waals surface area contributed by atoms with Crippen molar-refractivity contribution in [2.45, 2.75) is 6.54 Å². The molecule has 0 atom stereocenters. The van der Waals surface area contributed by atoms with Gasteiger partial charge in [-0.15, -0.1) is 0 Å². The molecule has 0 aliphatic rings. The molecule has 84 valence electrons. The number of pyridine rings is 1. The molecule has 0 amide bonds. The molecule has 1 heterocycles. The number of hydrogen-bond acceptors (Lipinski definition) is 2. The Morgan fingerprint density at radius 1 is 1.00 bits per heavy atom. The number of nitrogen functional groups attached to an aromatic ring is 2. The fraction of sp³-hybridized carbons (Fsp3) is 0.0833. The zero-order valence-electron chi connectivity index (χ0n) is 8.81. The van der Waals surface area contributed by atoms with Crippen molar-refractivity contribution in [1.29, 1.82) is 0 Å². The highest BCUT2D eigenvalue weighted by Gasteiger charge is 2.04. The molecule has 4 heteroatoms. The number of anilines is 2. The lowest BCUT2D eigenvalue weighted by Gasteiger charge is -2.03. The quantitative estimate of drug-likeness (QED) is 0.603. The van der Waals surface area contributed by atoms with Crippen molar-refractivity contribution in [3.05, 3.63) is 54.2 Å². The number of nitrogens with zero attached hydrogens (tertiary/aromatic N) is 1. The summed E-state index contributed by atoms with van der Waals surface area (Å²) < 4.78 is 1.96. The standard InChI is InChI=1S/C12H13N3.ClH/c13-11-6-7-15(12(14)8-11)9-10-4-2-1-3-5-10;/h1-8H,9H2,(H3,13,14);1H. The van der Waals surface area contributed by atoms with Gasteiger partial charge in [-0.3, -0.25) is 5.73 Å². The minimum Gasteiger partial charge on any atom is -1.00 e. The van der Waals surface area contributed by atoms with Crippen LogP contribution in [0.2, 0.25) is 0 Å². The third-order valence-corrected chi connectivity index (χ3v) is 2.29. The highest BCUT2D eigenvalue weighted by atomic mass is 35.5. The highest BCUT2D eigenvalue weighted by molar-refractivity contribution is 5.42. The summed E-state index contributed by atoms with van der Waals surface area (Å²) in [5.74, 6) is 0.679. The van der Waals surface area contributed by atoms with E-state index in [2.05, 4.69) is 12.1 Å². The molecule has 16 heavy (non-hydrogen) atoms. The van der Waals surface area contributed by atoms with Crippen LogP contribution in [-0.2, 0) is 6.54 Å². The van der Waals surface area contributed by atoms with Crippen LogP contribution in [0.5, 0.6) is 0 Å². The van der Waals surface area contributed by atoms with Gasteiger partial charge >= 0.3 is 0 Å². The van der Waals surface area contributed by atoms with E-state index in [-0.39, 0.29) is 12.4 Å². The van der Waals surface area contributed by atoms with E-state index < -0.39 is 0 Å². The Kier molecular flexibility index (Phi) is 4.14. The van der Waals surface area contributed by atoms with E-state index in [1.165, 1.54) is 5.56 Å². The monoisotopic (exact) mass is 235 g/mol. The van der Waals surface area contributed by atoms with Crippen molar-refractivity contribution in [3.8, 4) is 0 Å². The molecule has 4 N–H and O–H groups in total. The molecule has 0 radical (unpaired) electrons. The Morgan fingerprint density at radius 2 is 1.69 bits per heavy atom. The van der Waals surface area contributed by atoms with E-state index in [9.17, 15) is 0 Å². The van der Waals surface area contributed by atoms with Crippen LogP contribution < -0.4 is 28.4 Å². The summed E-state index contributed by atoms with van der Waals surface area (Å²) >= 11 is 0. The van der Waals surface area contributed by atoms with E-state index in [4.69, 9.17) is 11.5 Å². The summed E-state index contributed by atoms with van der Waals surface area (Å²) in [4.78, 5) is 0. The lowest BCUT2D eigenvalue weighted by atomic mass is 10.2. The van der Waals surface area contributed by atoms with Crippen LogP contribution >= 0.6 is 0 Å². The molecule has 1 aromatic heterocycles. The number of halogens is 1. The van der Waals surface area contributed by atoms with Crippen LogP contribution in [0.3, 0.4) is 0 Å². The van der Waals surface area contributed by atoms with E-state index >= 15 is 0 Å². The zero-order chi connectivity index (χ0) is 10.7. The molecule has 0 aliphatic heterocycles.